The second-order valence-corrected chi connectivity index (χ2v) is 2.63. The van der Waals surface area contributed by atoms with Gasteiger partial charge >= 0.3 is 0 Å². The quantitative estimate of drug-likeness (QED) is 0.643. The number of nitrogens with one attached hydrogen (secondary N) is 1. The Hall–Kier alpha value is -1.49. The zero-order chi connectivity index (χ0) is 9.68. The van der Waals surface area contributed by atoms with E-state index >= 15 is 0 Å². The average molecular weight is 183 g/mol. The summed E-state index contributed by atoms with van der Waals surface area (Å²) in [4.78, 5) is 14.5. The molecular formula is C8H10FN3O. The lowest BCUT2D eigenvalue weighted by Crippen LogP contribution is -2.38. The summed E-state index contributed by atoms with van der Waals surface area (Å²) in [6.45, 7) is 0. The van der Waals surface area contributed by atoms with Crippen molar-refractivity contribution < 1.29 is 9.28 Å². The number of pyridine rings is 1. The van der Waals surface area contributed by atoms with Gasteiger partial charge in [0.15, 0.2) is 0 Å². The Kier molecular flexibility index (Phi) is 3.33. The molecule has 1 heterocycles. The average Bonchev–Trinajstić information content (AvgIpc) is 2.15. The maximum Gasteiger partial charge on any atom is 0.237 e. The summed E-state index contributed by atoms with van der Waals surface area (Å²) in [7, 11) is 0. The molecule has 0 aliphatic carbocycles. The van der Waals surface area contributed by atoms with E-state index in [9.17, 15) is 9.28 Å². The molecule has 0 spiro atoms. The summed E-state index contributed by atoms with van der Waals surface area (Å²) in [5.74, 6) is -0.716. The van der Waals surface area contributed by atoms with Crippen LogP contribution in [-0.2, 0) is 11.2 Å². The highest BCUT2D eigenvalue weighted by atomic mass is 19.2. The lowest BCUT2D eigenvalue weighted by molar-refractivity contribution is -0.121. The van der Waals surface area contributed by atoms with Crippen molar-refractivity contribution in [3.63, 3.8) is 0 Å². The Bertz CT molecular complexity index is 278. The van der Waals surface area contributed by atoms with Crippen LogP contribution >= 0.6 is 0 Å². The first kappa shape index (κ1) is 9.60. The van der Waals surface area contributed by atoms with Gasteiger partial charge in [0.25, 0.3) is 0 Å². The van der Waals surface area contributed by atoms with E-state index in [1.54, 1.807) is 24.5 Å². The van der Waals surface area contributed by atoms with Gasteiger partial charge in [0, 0.05) is 18.8 Å². The van der Waals surface area contributed by atoms with Crippen LogP contribution in [0.15, 0.2) is 24.5 Å². The topological polar surface area (TPSA) is 68.0 Å². The van der Waals surface area contributed by atoms with E-state index in [0.717, 1.165) is 5.56 Å². The Morgan fingerprint density at radius 2 is 2.54 bits per heavy atom. The molecule has 0 aliphatic rings. The second kappa shape index (κ2) is 4.51. The first-order valence-corrected chi connectivity index (χ1v) is 3.78. The molecular weight excluding hydrogens is 173 g/mol. The molecule has 1 rings (SSSR count). The summed E-state index contributed by atoms with van der Waals surface area (Å²) >= 11 is 0. The molecule has 13 heavy (non-hydrogen) atoms. The van der Waals surface area contributed by atoms with Gasteiger partial charge in [0.1, 0.15) is 6.04 Å². The van der Waals surface area contributed by atoms with Crippen molar-refractivity contribution in [2.45, 2.75) is 12.5 Å². The molecule has 0 aliphatic heterocycles. The van der Waals surface area contributed by atoms with Crippen molar-refractivity contribution in [1.82, 2.24) is 10.5 Å². The first-order valence-electron chi connectivity index (χ1n) is 3.78. The molecule has 1 atom stereocenters. The van der Waals surface area contributed by atoms with E-state index in [2.05, 4.69) is 4.98 Å². The highest BCUT2D eigenvalue weighted by Gasteiger charge is 2.14. The molecule has 1 amide bonds. The fourth-order valence-corrected chi connectivity index (χ4v) is 0.948. The fourth-order valence-electron chi connectivity index (χ4n) is 0.948. The molecule has 1 aromatic rings. The van der Waals surface area contributed by atoms with Crippen molar-refractivity contribution in [2.24, 2.45) is 5.73 Å². The second-order valence-electron chi connectivity index (χ2n) is 2.63. The Labute approximate surface area is 74.9 Å². The Morgan fingerprint density at radius 3 is 3.00 bits per heavy atom. The Balaban J connectivity index is 2.62. The minimum atomic E-state index is -0.982. The van der Waals surface area contributed by atoms with E-state index in [4.69, 9.17) is 5.73 Å². The fraction of sp³-hybridized carbons (Fsp3) is 0.250. The molecule has 0 aromatic carbocycles. The monoisotopic (exact) mass is 183 g/mol. The van der Waals surface area contributed by atoms with Crippen molar-refractivity contribution in [1.29, 1.82) is 0 Å². The molecule has 4 nitrogen and oxygen atoms in total. The van der Waals surface area contributed by atoms with Crippen LogP contribution in [0.25, 0.3) is 0 Å². The molecule has 5 heteroatoms. The summed E-state index contributed by atoms with van der Waals surface area (Å²) in [6, 6.07) is 2.48. The van der Waals surface area contributed by atoms with Crippen LogP contribution in [0.3, 0.4) is 0 Å². The van der Waals surface area contributed by atoms with Crippen molar-refractivity contribution in [2.75, 3.05) is 0 Å². The number of halogens is 1. The number of primary amides is 1. The van der Waals surface area contributed by atoms with Crippen LogP contribution in [0.2, 0.25) is 0 Å². The predicted octanol–water partition coefficient (Wildman–Crippen LogP) is -0.0479. The summed E-state index contributed by atoms with van der Waals surface area (Å²) in [5, 5.41) is 0. The van der Waals surface area contributed by atoms with Gasteiger partial charge in [-0.15, -0.1) is 10.0 Å². The number of aromatic nitrogens is 1. The molecule has 0 saturated carbocycles. The van der Waals surface area contributed by atoms with Gasteiger partial charge in [0.2, 0.25) is 5.91 Å². The number of nitrogens with zero attached hydrogens (tertiary/aromatic N) is 1. The van der Waals surface area contributed by atoms with Crippen molar-refractivity contribution >= 4 is 5.91 Å². The third-order valence-corrected chi connectivity index (χ3v) is 1.64. The van der Waals surface area contributed by atoms with Crippen LogP contribution in [0, 0.1) is 0 Å². The van der Waals surface area contributed by atoms with Crippen LogP contribution in [-0.4, -0.2) is 16.9 Å². The Morgan fingerprint density at radius 1 is 1.77 bits per heavy atom. The van der Waals surface area contributed by atoms with Crippen molar-refractivity contribution in [3.05, 3.63) is 30.1 Å². The van der Waals surface area contributed by atoms with Gasteiger partial charge in [0.05, 0.1) is 0 Å². The lowest BCUT2D eigenvalue weighted by Gasteiger charge is -2.08. The van der Waals surface area contributed by atoms with Crippen molar-refractivity contribution in [3.8, 4) is 0 Å². The van der Waals surface area contributed by atoms with E-state index in [-0.39, 0.29) is 6.42 Å². The normalized spacial score (nSPS) is 12.4. The molecule has 3 N–H and O–H groups in total. The molecule has 0 saturated heterocycles. The highest BCUT2D eigenvalue weighted by molar-refractivity contribution is 5.79. The summed E-state index contributed by atoms with van der Waals surface area (Å²) < 4.78 is 12.0. The van der Waals surface area contributed by atoms with Crippen LogP contribution in [0.5, 0.6) is 0 Å². The van der Waals surface area contributed by atoms with E-state index in [0.29, 0.717) is 0 Å². The number of nitrogens with two attached hydrogens (primary N) is 1. The lowest BCUT2D eigenvalue weighted by atomic mass is 10.1. The van der Waals surface area contributed by atoms with E-state index in [1.165, 1.54) is 5.54 Å². The number of carbonyl (C=O) groups excluding carboxylic acids is 1. The zero-order valence-electron chi connectivity index (χ0n) is 6.90. The predicted molar refractivity (Wildman–Crippen MR) is 45.2 cm³/mol. The van der Waals surface area contributed by atoms with Gasteiger partial charge < -0.3 is 5.73 Å². The van der Waals surface area contributed by atoms with Crippen LogP contribution in [0.1, 0.15) is 5.56 Å². The van der Waals surface area contributed by atoms with E-state index in [1.807, 2.05) is 0 Å². The minimum Gasteiger partial charge on any atom is -0.368 e. The first-order chi connectivity index (χ1) is 6.24. The number of hydrogen-bond acceptors (Lipinski definition) is 3. The summed E-state index contributed by atoms with van der Waals surface area (Å²) in [6.07, 6.45) is 3.37. The molecule has 70 valence electrons. The maximum absolute atomic E-state index is 12.0. The third-order valence-electron chi connectivity index (χ3n) is 1.64. The van der Waals surface area contributed by atoms with Crippen LogP contribution in [0.4, 0.5) is 4.48 Å². The number of carbonyl (C=O) groups is 1. The smallest absolute Gasteiger partial charge is 0.237 e. The molecule has 0 fully saturated rings. The number of amides is 1. The zero-order valence-corrected chi connectivity index (χ0v) is 6.90. The number of hydrogen-bond donors (Lipinski definition) is 2. The van der Waals surface area contributed by atoms with Gasteiger partial charge in [-0.3, -0.25) is 9.78 Å². The van der Waals surface area contributed by atoms with Gasteiger partial charge in [-0.2, -0.15) is 0 Å². The van der Waals surface area contributed by atoms with E-state index < -0.39 is 11.9 Å². The summed E-state index contributed by atoms with van der Waals surface area (Å²) in [5.41, 5.74) is 7.04. The largest absolute Gasteiger partial charge is 0.368 e. The number of rotatable bonds is 4. The van der Waals surface area contributed by atoms with Gasteiger partial charge in [-0.25, -0.2) is 0 Å². The molecule has 0 radical (unpaired) electrons. The third kappa shape index (κ3) is 2.79. The molecule has 1 unspecified atom stereocenters. The maximum atomic E-state index is 12.0. The highest BCUT2D eigenvalue weighted by Crippen LogP contribution is 2.00. The standard InChI is InChI=1S/C8H10FN3O/c9-12-7(8(10)13)4-6-2-1-3-11-5-6/h1-3,5,7,12H,4H2,(H2,10,13). The van der Waals surface area contributed by atoms with Gasteiger partial charge in [-0.05, 0) is 11.6 Å². The molecule has 1 aromatic heterocycles. The molecule has 0 bridgehead atoms. The van der Waals surface area contributed by atoms with Crippen LogP contribution < -0.4 is 11.3 Å². The van der Waals surface area contributed by atoms with Gasteiger partial charge in [-0.1, -0.05) is 6.07 Å². The SMILES string of the molecule is NC(=O)C(Cc1cccnc1)NF. The minimum absolute atomic E-state index is 0.208.